The van der Waals surface area contributed by atoms with Crippen LogP contribution < -0.4 is 5.32 Å². The van der Waals surface area contributed by atoms with E-state index >= 15 is 0 Å². The highest BCUT2D eigenvalue weighted by Crippen LogP contribution is 2.21. The van der Waals surface area contributed by atoms with Crippen LogP contribution in [0, 0.1) is 19.8 Å². The summed E-state index contributed by atoms with van der Waals surface area (Å²) in [6, 6.07) is 0.241. The lowest BCUT2D eigenvalue weighted by Gasteiger charge is -2.17. The molecule has 2 N–H and O–H groups in total. The van der Waals surface area contributed by atoms with Crippen LogP contribution in [0.1, 0.15) is 36.8 Å². The van der Waals surface area contributed by atoms with Crippen molar-refractivity contribution in [3.63, 3.8) is 0 Å². The molecule has 2 atom stereocenters. The van der Waals surface area contributed by atoms with Gasteiger partial charge in [0, 0.05) is 37.6 Å². The maximum atomic E-state index is 9.06. The predicted octanol–water partition coefficient (Wildman–Crippen LogP) is 1.43. The quantitative estimate of drug-likeness (QED) is 0.749. The van der Waals surface area contributed by atoms with Crippen molar-refractivity contribution in [2.45, 2.75) is 40.3 Å². The molecule has 0 saturated heterocycles. The first-order valence-electron chi connectivity index (χ1n) is 6.88. The SMILES string of the molecule is COCCn1nc(C)c(C(C)NCC(C)CO)c1C. The van der Waals surface area contributed by atoms with Gasteiger partial charge in [-0.25, -0.2) is 0 Å². The number of aryl methyl sites for hydroxylation is 1. The summed E-state index contributed by atoms with van der Waals surface area (Å²) < 4.78 is 7.10. The second-order valence-corrected chi connectivity index (χ2v) is 5.22. The van der Waals surface area contributed by atoms with Crippen LogP contribution in [-0.4, -0.2) is 41.8 Å². The Morgan fingerprint density at radius 3 is 2.63 bits per heavy atom. The summed E-state index contributed by atoms with van der Waals surface area (Å²) in [7, 11) is 1.70. The number of aliphatic hydroxyl groups excluding tert-OH is 1. The van der Waals surface area contributed by atoms with Gasteiger partial charge in [-0.2, -0.15) is 5.10 Å². The number of hydrogen-bond acceptors (Lipinski definition) is 4. The summed E-state index contributed by atoms with van der Waals surface area (Å²) in [5, 5.41) is 17.1. The van der Waals surface area contributed by atoms with Crippen molar-refractivity contribution in [2.75, 3.05) is 26.9 Å². The van der Waals surface area contributed by atoms with Gasteiger partial charge < -0.3 is 15.2 Å². The fraction of sp³-hybridized carbons (Fsp3) is 0.786. The van der Waals surface area contributed by atoms with Gasteiger partial charge in [0.05, 0.1) is 18.8 Å². The molecule has 0 fully saturated rings. The molecule has 0 aromatic carbocycles. The molecule has 0 aliphatic rings. The van der Waals surface area contributed by atoms with Gasteiger partial charge in [-0.05, 0) is 26.7 Å². The Morgan fingerprint density at radius 1 is 1.37 bits per heavy atom. The zero-order chi connectivity index (χ0) is 14.4. The number of rotatable bonds is 8. The predicted molar refractivity (Wildman–Crippen MR) is 76.2 cm³/mol. The van der Waals surface area contributed by atoms with Gasteiger partial charge in [-0.3, -0.25) is 4.68 Å². The average Bonchev–Trinajstić information content (AvgIpc) is 2.68. The van der Waals surface area contributed by atoms with Crippen LogP contribution in [-0.2, 0) is 11.3 Å². The molecule has 5 nitrogen and oxygen atoms in total. The Labute approximate surface area is 116 Å². The molecule has 1 aromatic rings. The molecule has 0 aliphatic carbocycles. The Hall–Kier alpha value is -0.910. The molecular formula is C14H27N3O2. The smallest absolute Gasteiger partial charge is 0.0658 e. The van der Waals surface area contributed by atoms with Crippen LogP contribution in [0.4, 0.5) is 0 Å². The normalized spacial score (nSPS) is 14.6. The number of hydrogen-bond donors (Lipinski definition) is 2. The third kappa shape index (κ3) is 4.30. The largest absolute Gasteiger partial charge is 0.396 e. The molecule has 0 saturated carbocycles. The van der Waals surface area contributed by atoms with Crippen molar-refractivity contribution in [1.82, 2.24) is 15.1 Å². The number of aliphatic hydroxyl groups is 1. The van der Waals surface area contributed by atoms with E-state index in [0.29, 0.717) is 6.61 Å². The van der Waals surface area contributed by atoms with Crippen LogP contribution in [0.15, 0.2) is 0 Å². The molecule has 0 aliphatic heterocycles. The third-order valence-electron chi connectivity index (χ3n) is 3.46. The highest BCUT2D eigenvalue weighted by molar-refractivity contribution is 5.27. The molecular weight excluding hydrogens is 242 g/mol. The molecule has 0 bridgehead atoms. The third-order valence-corrected chi connectivity index (χ3v) is 3.46. The van der Waals surface area contributed by atoms with Crippen LogP contribution in [0.3, 0.4) is 0 Å². The molecule has 0 amide bonds. The zero-order valence-corrected chi connectivity index (χ0v) is 12.7. The molecule has 5 heteroatoms. The molecule has 1 rings (SSSR count). The number of aromatic nitrogens is 2. The van der Waals surface area contributed by atoms with E-state index in [4.69, 9.17) is 9.84 Å². The standard InChI is InChI=1S/C14H27N3O2/c1-10(9-18)8-15-11(2)14-12(3)16-17(13(14)4)6-7-19-5/h10-11,15,18H,6-9H2,1-5H3. The summed E-state index contributed by atoms with van der Waals surface area (Å²) >= 11 is 0. The van der Waals surface area contributed by atoms with Crippen LogP contribution >= 0.6 is 0 Å². The Bertz CT molecular complexity index is 390. The number of methoxy groups -OCH3 is 1. The number of nitrogens with one attached hydrogen (secondary N) is 1. The maximum Gasteiger partial charge on any atom is 0.0658 e. The van der Waals surface area contributed by atoms with Gasteiger partial charge in [0.15, 0.2) is 0 Å². The summed E-state index contributed by atoms with van der Waals surface area (Å²) in [5.74, 6) is 0.270. The molecule has 110 valence electrons. The molecule has 19 heavy (non-hydrogen) atoms. The van der Waals surface area contributed by atoms with Crippen LogP contribution in [0.25, 0.3) is 0 Å². The van der Waals surface area contributed by atoms with Gasteiger partial charge in [0.1, 0.15) is 0 Å². The van der Waals surface area contributed by atoms with E-state index in [-0.39, 0.29) is 18.6 Å². The van der Waals surface area contributed by atoms with Crippen molar-refractivity contribution < 1.29 is 9.84 Å². The van der Waals surface area contributed by atoms with Crippen molar-refractivity contribution in [3.8, 4) is 0 Å². The topological polar surface area (TPSA) is 59.3 Å². The molecule has 0 radical (unpaired) electrons. The minimum absolute atomic E-state index is 0.213. The van der Waals surface area contributed by atoms with Crippen molar-refractivity contribution in [2.24, 2.45) is 5.92 Å². The van der Waals surface area contributed by atoms with E-state index in [1.165, 1.54) is 11.3 Å². The van der Waals surface area contributed by atoms with E-state index in [2.05, 4.69) is 24.3 Å². The Kier molecular flexibility index (Phi) is 6.48. The Morgan fingerprint density at radius 2 is 2.05 bits per heavy atom. The monoisotopic (exact) mass is 269 g/mol. The summed E-state index contributed by atoms with van der Waals surface area (Å²) in [5.41, 5.74) is 3.50. The van der Waals surface area contributed by atoms with E-state index < -0.39 is 0 Å². The van der Waals surface area contributed by atoms with Gasteiger partial charge in [-0.1, -0.05) is 6.92 Å². The van der Waals surface area contributed by atoms with Gasteiger partial charge in [-0.15, -0.1) is 0 Å². The number of ether oxygens (including phenoxy) is 1. The first kappa shape index (κ1) is 16.1. The first-order chi connectivity index (χ1) is 9.01. The zero-order valence-electron chi connectivity index (χ0n) is 12.7. The Balaban J connectivity index is 2.73. The summed E-state index contributed by atoms with van der Waals surface area (Å²) in [4.78, 5) is 0. The summed E-state index contributed by atoms with van der Waals surface area (Å²) in [6.07, 6.45) is 0. The average molecular weight is 269 g/mol. The van der Waals surface area contributed by atoms with E-state index in [1.807, 2.05) is 18.5 Å². The van der Waals surface area contributed by atoms with Crippen molar-refractivity contribution in [1.29, 1.82) is 0 Å². The molecule has 0 spiro atoms. The minimum Gasteiger partial charge on any atom is -0.396 e. The lowest BCUT2D eigenvalue weighted by atomic mass is 10.1. The van der Waals surface area contributed by atoms with Gasteiger partial charge >= 0.3 is 0 Å². The second kappa shape index (κ2) is 7.62. The number of nitrogens with zero attached hydrogens (tertiary/aromatic N) is 2. The minimum atomic E-state index is 0.213. The molecule has 1 heterocycles. The first-order valence-corrected chi connectivity index (χ1v) is 6.88. The highest BCUT2D eigenvalue weighted by Gasteiger charge is 2.17. The fourth-order valence-corrected chi connectivity index (χ4v) is 2.28. The second-order valence-electron chi connectivity index (χ2n) is 5.22. The van der Waals surface area contributed by atoms with E-state index in [0.717, 1.165) is 18.8 Å². The van der Waals surface area contributed by atoms with Crippen molar-refractivity contribution >= 4 is 0 Å². The van der Waals surface area contributed by atoms with Crippen molar-refractivity contribution in [3.05, 3.63) is 17.0 Å². The van der Waals surface area contributed by atoms with Crippen LogP contribution in [0.5, 0.6) is 0 Å². The summed E-state index contributed by atoms with van der Waals surface area (Å²) in [6.45, 7) is 10.8. The van der Waals surface area contributed by atoms with E-state index in [9.17, 15) is 0 Å². The van der Waals surface area contributed by atoms with Crippen LogP contribution in [0.2, 0.25) is 0 Å². The lowest BCUT2D eigenvalue weighted by Crippen LogP contribution is -2.26. The molecule has 1 aromatic heterocycles. The van der Waals surface area contributed by atoms with Gasteiger partial charge in [0.2, 0.25) is 0 Å². The molecule has 2 unspecified atom stereocenters. The maximum absolute atomic E-state index is 9.06. The highest BCUT2D eigenvalue weighted by atomic mass is 16.5. The fourth-order valence-electron chi connectivity index (χ4n) is 2.28. The lowest BCUT2D eigenvalue weighted by molar-refractivity contribution is 0.182. The van der Waals surface area contributed by atoms with Gasteiger partial charge in [0.25, 0.3) is 0 Å². The van der Waals surface area contributed by atoms with E-state index in [1.54, 1.807) is 7.11 Å².